The van der Waals surface area contributed by atoms with Crippen LogP contribution in [0.1, 0.15) is 37.1 Å². The number of H-pyrrole nitrogens is 1. The van der Waals surface area contributed by atoms with E-state index in [1.165, 1.54) is 5.69 Å². The molecule has 28 heavy (non-hydrogen) atoms. The summed E-state index contributed by atoms with van der Waals surface area (Å²) in [6.45, 7) is 1.99. The van der Waals surface area contributed by atoms with Gasteiger partial charge in [-0.15, -0.1) is 5.10 Å². The Kier molecular flexibility index (Phi) is 4.24. The zero-order valence-electron chi connectivity index (χ0n) is 15.9. The lowest BCUT2D eigenvalue weighted by atomic mass is 9.84. The molecule has 1 aliphatic carbocycles. The summed E-state index contributed by atoms with van der Waals surface area (Å²) in [6.07, 6.45) is 4.79. The van der Waals surface area contributed by atoms with Crippen LogP contribution >= 0.6 is 0 Å². The maximum absolute atomic E-state index is 9.73. The van der Waals surface area contributed by atoms with Crippen LogP contribution in [0.2, 0.25) is 0 Å². The van der Waals surface area contributed by atoms with Crippen LogP contribution in [-0.4, -0.2) is 36.0 Å². The molecule has 0 unspecified atom stereocenters. The molecule has 0 radical (unpaired) electrons. The van der Waals surface area contributed by atoms with Gasteiger partial charge in [-0.2, -0.15) is 10.1 Å². The van der Waals surface area contributed by atoms with E-state index in [0.29, 0.717) is 11.9 Å². The molecule has 3 heterocycles. The number of aliphatic hydroxyl groups is 1. The van der Waals surface area contributed by atoms with Gasteiger partial charge < -0.3 is 10.4 Å². The highest BCUT2D eigenvalue weighted by Crippen LogP contribution is 2.28. The van der Waals surface area contributed by atoms with Gasteiger partial charge in [0.1, 0.15) is 0 Å². The molecule has 0 atom stereocenters. The highest BCUT2D eigenvalue weighted by Gasteiger charge is 2.21. The number of aromatic amines is 1. The number of nitrogens with zero attached hydrogens (tertiary/aromatic N) is 4. The number of hydrogen-bond acceptors (Lipinski definition) is 5. The maximum atomic E-state index is 9.73. The minimum absolute atomic E-state index is 0.120. The lowest BCUT2D eigenvalue weighted by Gasteiger charge is -2.25. The smallest absolute Gasteiger partial charge is 0.247 e. The second kappa shape index (κ2) is 6.91. The summed E-state index contributed by atoms with van der Waals surface area (Å²) in [4.78, 5) is 4.63. The van der Waals surface area contributed by atoms with Gasteiger partial charge in [-0.3, -0.25) is 5.10 Å². The molecular formula is C21H24N6O. The van der Waals surface area contributed by atoms with E-state index in [4.69, 9.17) is 5.10 Å². The van der Waals surface area contributed by atoms with Crippen molar-refractivity contribution in [3.05, 3.63) is 47.8 Å². The lowest BCUT2D eigenvalue weighted by Crippen LogP contribution is -2.20. The zero-order chi connectivity index (χ0) is 19.1. The Morgan fingerprint density at radius 1 is 1.18 bits per heavy atom. The molecule has 1 fully saturated rings. The molecule has 1 aliphatic rings. The summed E-state index contributed by atoms with van der Waals surface area (Å²) in [5.74, 6) is 1.18. The normalized spacial score (nSPS) is 20.1. The Bertz CT molecular complexity index is 1120. The highest BCUT2D eigenvalue weighted by atomic mass is 16.3. The Morgan fingerprint density at radius 2 is 2.04 bits per heavy atom. The van der Waals surface area contributed by atoms with Gasteiger partial charge in [0.05, 0.1) is 17.3 Å². The van der Waals surface area contributed by atoms with Crippen molar-refractivity contribution in [2.24, 2.45) is 5.92 Å². The Labute approximate surface area is 162 Å². The van der Waals surface area contributed by atoms with Gasteiger partial charge in [-0.1, -0.05) is 6.07 Å². The number of nitrogens with one attached hydrogen (secondary N) is 2. The average Bonchev–Trinajstić information content (AvgIpc) is 3.27. The van der Waals surface area contributed by atoms with Crippen LogP contribution in [0.4, 0.5) is 11.6 Å². The van der Waals surface area contributed by atoms with E-state index < -0.39 is 0 Å². The molecule has 0 amide bonds. The number of pyridine rings is 1. The van der Waals surface area contributed by atoms with Gasteiger partial charge in [0.15, 0.2) is 5.65 Å². The number of aromatic nitrogens is 5. The summed E-state index contributed by atoms with van der Waals surface area (Å²) in [7, 11) is 0. The van der Waals surface area contributed by atoms with Gasteiger partial charge in [-0.25, -0.2) is 4.52 Å². The van der Waals surface area contributed by atoms with Gasteiger partial charge in [0, 0.05) is 16.8 Å². The SMILES string of the molecule is Cc1n[nH]c2cc(Nc3nc4cccc(C[C@H]5CC[C@H](O)CC5)n4n3)ccc12. The van der Waals surface area contributed by atoms with Crippen LogP contribution in [0.25, 0.3) is 16.6 Å². The molecule has 4 aromatic rings. The van der Waals surface area contributed by atoms with Crippen LogP contribution < -0.4 is 5.32 Å². The largest absolute Gasteiger partial charge is 0.393 e. The second-order valence-electron chi connectivity index (χ2n) is 7.80. The fourth-order valence-corrected chi connectivity index (χ4v) is 4.17. The predicted molar refractivity (Wildman–Crippen MR) is 109 cm³/mol. The molecule has 7 heteroatoms. The molecule has 3 aromatic heterocycles. The summed E-state index contributed by atoms with van der Waals surface area (Å²) in [5.41, 5.74) is 4.92. The first kappa shape index (κ1) is 17.2. The monoisotopic (exact) mass is 376 g/mol. The minimum atomic E-state index is -0.120. The van der Waals surface area contributed by atoms with Crippen LogP contribution in [0.15, 0.2) is 36.4 Å². The molecule has 0 spiro atoms. The van der Waals surface area contributed by atoms with Gasteiger partial charge in [0.25, 0.3) is 0 Å². The number of anilines is 2. The molecule has 0 saturated heterocycles. The first-order valence-corrected chi connectivity index (χ1v) is 9.90. The summed E-state index contributed by atoms with van der Waals surface area (Å²) < 4.78 is 1.94. The van der Waals surface area contributed by atoms with E-state index in [9.17, 15) is 5.11 Å². The van der Waals surface area contributed by atoms with E-state index in [1.54, 1.807) is 0 Å². The number of rotatable bonds is 4. The lowest BCUT2D eigenvalue weighted by molar-refractivity contribution is 0.108. The van der Waals surface area contributed by atoms with Crippen molar-refractivity contribution in [3.8, 4) is 0 Å². The average molecular weight is 376 g/mol. The maximum Gasteiger partial charge on any atom is 0.247 e. The Balaban J connectivity index is 1.39. The van der Waals surface area contributed by atoms with E-state index in [1.807, 2.05) is 35.7 Å². The van der Waals surface area contributed by atoms with Gasteiger partial charge in [0.2, 0.25) is 5.95 Å². The topological polar surface area (TPSA) is 91.1 Å². The molecule has 3 N–H and O–H groups in total. The predicted octanol–water partition coefficient (Wildman–Crippen LogP) is 3.75. The number of hydrogen-bond donors (Lipinski definition) is 3. The van der Waals surface area contributed by atoms with Gasteiger partial charge >= 0.3 is 0 Å². The van der Waals surface area contributed by atoms with Crippen LogP contribution in [0.5, 0.6) is 0 Å². The molecule has 5 rings (SSSR count). The fourth-order valence-electron chi connectivity index (χ4n) is 4.17. The van der Waals surface area contributed by atoms with Crippen molar-refractivity contribution in [2.75, 3.05) is 5.32 Å². The number of aliphatic hydroxyl groups excluding tert-OH is 1. The number of benzene rings is 1. The van der Waals surface area contributed by atoms with Crippen molar-refractivity contribution in [2.45, 2.75) is 45.1 Å². The second-order valence-corrected chi connectivity index (χ2v) is 7.80. The van der Waals surface area contributed by atoms with E-state index in [-0.39, 0.29) is 6.10 Å². The number of aryl methyl sites for hydroxylation is 1. The van der Waals surface area contributed by atoms with Crippen molar-refractivity contribution in [3.63, 3.8) is 0 Å². The van der Waals surface area contributed by atoms with Crippen molar-refractivity contribution in [1.82, 2.24) is 24.8 Å². The van der Waals surface area contributed by atoms with Gasteiger partial charge in [-0.05, 0) is 75.3 Å². The van der Waals surface area contributed by atoms with Crippen molar-refractivity contribution >= 4 is 28.2 Å². The molecule has 144 valence electrons. The molecule has 1 aromatic carbocycles. The summed E-state index contributed by atoms with van der Waals surface area (Å²) in [6, 6.07) is 12.2. The molecule has 0 bridgehead atoms. The van der Waals surface area contributed by atoms with E-state index in [2.05, 4.69) is 32.6 Å². The van der Waals surface area contributed by atoms with E-state index in [0.717, 1.165) is 60.0 Å². The molecular weight excluding hydrogens is 352 g/mol. The third kappa shape index (κ3) is 3.22. The third-order valence-corrected chi connectivity index (χ3v) is 5.76. The third-order valence-electron chi connectivity index (χ3n) is 5.76. The fraction of sp³-hybridized carbons (Fsp3) is 0.381. The first-order valence-electron chi connectivity index (χ1n) is 9.90. The first-order chi connectivity index (χ1) is 13.7. The number of fused-ring (bicyclic) bond motifs is 2. The Hall–Kier alpha value is -2.93. The minimum Gasteiger partial charge on any atom is -0.393 e. The highest BCUT2D eigenvalue weighted by molar-refractivity contribution is 5.84. The van der Waals surface area contributed by atoms with Crippen LogP contribution in [0.3, 0.4) is 0 Å². The van der Waals surface area contributed by atoms with Crippen molar-refractivity contribution in [1.29, 1.82) is 0 Å². The van der Waals surface area contributed by atoms with Crippen molar-refractivity contribution < 1.29 is 5.11 Å². The molecule has 7 nitrogen and oxygen atoms in total. The standard InChI is InChI=1S/C21H24N6O/c1-13-18-10-7-15(12-19(18)25-24-13)22-21-23-20-4-2-3-16(27(20)26-21)11-14-5-8-17(28)9-6-14/h2-4,7,10,12,14,17,28H,5-6,8-9,11H2,1H3,(H,22,26)(H,24,25)/t14-,17-. The zero-order valence-corrected chi connectivity index (χ0v) is 15.9. The molecule has 1 saturated carbocycles. The van der Waals surface area contributed by atoms with E-state index >= 15 is 0 Å². The Morgan fingerprint density at radius 3 is 2.89 bits per heavy atom. The summed E-state index contributed by atoms with van der Waals surface area (Å²) in [5, 5.41) is 26.1. The molecule has 0 aliphatic heterocycles. The summed E-state index contributed by atoms with van der Waals surface area (Å²) >= 11 is 0. The van der Waals surface area contributed by atoms with Crippen LogP contribution in [-0.2, 0) is 6.42 Å². The quantitative estimate of drug-likeness (QED) is 0.505. The van der Waals surface area contributed by atoms with Crippen LogP contribution in [0, 0.1) is 12.8 Å².